The number of nitriles is 1. The predicted molar refractivity (Wildman–Crippen MR) is 111 cm³/mol. The van der Waals surface area contributed by atoms with Crippen molar-refractivity contribution in [3.63, 3.8) is 0 Å². The van der Waals surface area contributed by atoms with Crippen LogP contribution in [0.4, 0.5) is 20.4 Å². The number of anilines is 2. The second-order valence-corrected chi connectivity index (χ2v) is 7.44. The number of amides is 1. The Labute approximate surface area is 186 Å². The van der Waals surface area contributed by atoms with Crippen molar-refractivity contribution >= 4 is 29.1 Å². The van der Waals surface area contributed by atoms with E-state index < -0.39 is 6.61 Å². The molecular weight excluding hydrogens is 446 g/mol. The van der Waals surface area contributed by atoms with E-state index >= 15 is 0 Å². The molecule has 0 bridgehead atoms. The van der Waals surface area contributed by atoms with Crippen molar-refractivity contribution in [2.75, 3.05) is 23.3 Å². The molecule has 1 fully saturated rings. The summed E-state index contributed by atoms with van der Waals surface area (Å²) in [6.45, 7) is -2.01. The summed E-state index contributed by atoms with van der Waals surface area (Å²) in [5.74, 6) is 0.335. The number of benzene rings is 1. The largest absolute Gasteiger partial charge is 0.459 e. The molecule has 1 aliphatic rings. The fourth-order valence-corrected chi connectivity index (χ4v) is 3.69. The van der Waals surface area contributed by atoms with Crippen molar-refractivity contribution in [1.29, 1.82) is 5.26 Å². The highest BCUT2D eigenvalue weighted by Gasteiger charge is 2.29. The molecule has 1 aromatic carbocycles. The normalized spacial score (nSPS) is 14.4. The second kappa shape index (κ2) is 9.28. The molecule has 0 atom stereocenters. The topological polar surface area (TPSA) is 105 Å². The maximum Gasteiger partial charge on any atom is 0.387 e. The zero-order valence-electron chi connectivity index (χ0n) is 16.6. The first-order valence-electron chi connectivity index (χ1n) is 9.69. The smallest absolute Gasteiger partial charge is 0.387 e. The monoisotopic (exact) mass is 462 g/mol. The van der Waals surface area contributed by atoms with Gasteiger partial charge in [-0.2, -0.15) is 19.0 Å². The van der Waals surface area contributed by atoms with E-state index in [1.807, 2.05) is 11.0 Å². The minimum Gasteiger partial charge on any atom is -0.459 e. The van der Waals surface area contributed by atoms with E-state index in [1.54, 1.807) is 12.1 Å². The van der Waals surface area contributed by atoms with Gasteiger partial charge in [0.1, 0.15) is 11.8 Å². The summed E-state index contributed by atoms with van der Waals surface area (Å²) in [4.78, 5) is 18.7. The third kappa shape index (κ3) is 4.68. The van der Waals surface area contributed by atoms with Gasteiger partial charge in [-0.05, 0) is 43.2 Å². The Balaban J connectivity index is 1.37. The highest BCUT2D eigenvalue weighted by Crippen LogP contribution is 2.32. The van der Waals surface area contributed by atoms with Gasteiger partial charge < -0.3 is 23.8 Å². The number of ether oxygens (including phenoxy) is 1. The molecule has 4 rings (SSSR count). The standard InChI is InChI=1S/C21H17ClF2N4O4/c22-14-10-13(3-4-16(14)31-21(23)24)26-18(29)12-5-7-28(8-6-12)20-15(11-25)27-19(32-20)17-2-1-9-30-17/h1-4,9-10,12,21H,5-8H2,(H,26,29). The summed E-state index contributed by atoms with van der Waals surface area (Å²) in [5, 5.41) is 12.1. The lowest BCUT2D eigenvalue weighted by atomic mass is 9.96. The zero-order valence-corrected chi connectivity index (χ0v) is 17.3. The van der Waals surface area contributed by atoms with Gasteiger partial charge in [-0.3, -0.25) is 4.79 Å². The number of carbonyl (C=O) groups excluding carboxylic acids is 1. The summed E-state index contributed by atoms with van der Waals surface area (Å²) in [7, 11) is 0. The van der Waals surface area contributed by atoms with Crippen molar-refractivity contribution in [3.8, 4) is 23.5 Å². The first-order chi connectivity index (χ1) is 15.4. The number of alkyl halides is 2. The quantitative estimate of drug-likeness (QED) is 0.554. The fourth-order valence-electron chi connectivity index (χ4n) is 3.46. The first kappa shape index (κ1) is 21.6. The molecule has 1 saturated heterocycles. The van der Waals surface area contributed by atoms with Crippen LogP contribution in [0.3, 0.4) is 0 Å². The summed E-state index contributed by atoms with van der Waals surface area (Å²) >= 11 is 5.93. The molecule has 32 heavy (non-hydrogen) atoms. The Hall–Kier alpha value is -3.58. The third-order valence-electron chi connectivity index (χ3n) is 5.02. The number of carbonyl (C=O) groups is 1. The number of piperidine rings is 1. The molecule has 0 radical (unpaired) electrons. The number of rotatable bonds is 6. The zero-order chi connectivity index (χ0) is 22.7. The lowest BCUT2D eigenvalue weighted by Gasteiger charge is -2.31. The number of aromatic nitrogens is 1. The lowest BCUT2D eigenvalue weighted by molar-refractivity contribution is -0.120. The van der Waals surface area contributed by atoms with Crippen LogP contribution in [0.5, 0.6) is 5.75 Å². The number of halogens is 3. The van der Waals surface area contributed by atoms with Crippen LogP contribution in [0.1, 0.15) is 18.5 Å². The first-order valence-corrected chi connectivity index (χ1v) is 10.1. The highest BCUT2D eigenvalue weighted by atomic mass is 35.5. The molecule has 1 amide bonds. The van der Waals surface area contributed by atoms with E-state index in [4.69, 9.17) is 20.4 Å². The number of nitrogens with zero attached hydrogens (tertiary/aromatic N) is 3. The average Bonchev–Trinajstić information content (AvgIpc) is 3.45. The van der Waals surface area contributed by atoms with E-state index in [1.165, 1.54) is 24.5 Å². The molecule has 0 spiro atoms. The number of hydrogen-bond acceptors (Lipinski definition) is 7. The Kier molecular flexibility index (Phi) is 6.28. The van der Waals surface area contributed by atoms with Gasteiger partial charge >= 0.3 is 6.61 Å². The molecule has 0 saturated carbocycles. The SMILES string of the molecule is N#Cc1nc(-c2ccco2)oc1N1CCC(C(=O)Nc2ccc(OC(F)F)c(Cl)c2)CC1. The van der Waals surface area contributed by atoms with Crippen molar-refractivity contribution in [1.82, 2.24) is 4.98 Å². The Morgan fingerprint density at radius 1 is 1.34 bits per heavy atom. The van der Waals surface area contributed by atoms with Crippen LogP contribution in [0.15, 0.2) is 45.4 Å². The summed E-state index contributed by atoms with van der Waals surface area (Å²) in [6, 6.07) is 9.49. The van der Waals surface area contributed by atoms with Gasteiger partial charge in [0.05, 0.1) is 11.3 Å². The molecular formula is C21H17ClF2N4O4. The Morgan fingerprint density at radius 3 is 2.75 bits per heavy atom. The number of oxazole rings is 1. The van der Waals surface area contributed by atoms with Gasteiger partial charge in [0.2, 0.25) is 17.5 Å². The lowest BCUT2D eigenvalue weighted by Crippen LogP contribution is -2.38. The number of furan rings is 1. The molecule has 0 aliphatic carbocycles. The van der Waals surface area contributed by atoms with Gasteiger partial charge in [0, 0.05) is 24.7 Å². The minimum atomic E-state index is -2.99. The fraction of sp³-hybridized carbons (Fsp3) is 0.286. The average molecular weight is 463 g/mol. The molecule has 11 heteroatoms. The summed E-state index contributed by atoms with van der Waals surface area (Å²) in [6.07, 6.45) is 2.53. The molecule has 0 unspecified atom stereocenters. The van der Waals surface area contributed by atoms with Crippen molar-refractivity contribution < 1.29 is 27.1 Å². The Bertz CT molecular complexity index is 1140. The molecule has 1 N–H and O–H groups in total. The molecule has 2 aromatic heterocycles. The Morgan fingerprint density at radius 2 is 2.12 bits per heavy atom. The minimum absolute atomic E-state index is 0.0281. The van der Waals surface area contributed by atoms with Gasteiger partial charge in [0.15, 0.2) is 5.76 Å². The third-order valence-corrected chi connectivity index (χ3v) is 5.31. The maximum absolute atomic E-state index is 12.6. The number of hydrogen-bond donors (Lipinski definition) is 1. The predicted octanol–water partition coefficient (Wildman–Crippen LogP) is 4.92. The molecule has 166 valence electrons. The van der Waals surface area contributed by atoms with Crippen LogP contribution in [-0.2, 0) is 4.79 Å². The van der Waals surface area contributed by atoms with Crippen molar-refractivity contribution in [3.05, 3.63) is 47.3 Å². The van der Waals surface area contributed by atoms with Gasteiger partial charge in [-0.1, -0.05) is 11.6 Å². The van der Waals surface area contributed by atoms with E-state index in [0.717, 1.165) is 0 Å². The molecule has 3 aromatic rings. The maximum atomic E-state index is 12.6. The summed E-state index contributed by atoms with van der Waals surface area (Å²) in [5.41, 5.74) is 0.536. The summed E-state index contributed by atoms with van der Waals surface area (Å²) < 4.78 is 40.0. The van der Waals surface area contributed by atoms with Gasteiger partial charge in [-0.25, -0.2) is 0 Å². The van der Waals surface area contributed by atoms with Crippen LogP contribution in [0, 0.1) is 17.2 Å². The van der Waals surface area contributed by atoms with Gasteiger partial charge in [0.25, 0.3) is 5.89 Å². The molecule has 3 heterocycles. The second-order valence-electron chi connectivity index (χ2n) is 7.04. The van der Waals surface area contributed by atoms with E-state index in [2.05, 4.69) is 15.0 Å². The molecule has 1 aliphatic heterocycles. The van der Waals surface area contributed by atoms with Crippen molar-refractivity contribution in [2.45, 2.75) is 19.5 Å². The van der Waals surface area contributed by atoms with Crippen molar-refractivity contribution in [2.24, 2.45) is 5.92 Å². The van der Waals surface area contributed by atoms with Crippen LogP contribution < -0.4 is 15.0 Å². The van der Waals surface area contributed by atoms with E-state index in [0.29, 0.717) is 43.3 Å². The van der Waals surface area contributed by atoms with Crippen LogP contribution in [0.2, 0.25) is 5.02 Å². The van der Waals surface area contributed by atoms with Crippen LogP contribution >= 0.6 is 11.6 Å². The van der Waals surface area contributed by atoms with Crippen LogP contribution in [-0.4, -0.2) is 30.6 Å². The van der Waals surface area contributed by atoms with Gasteiger partial charge in [-0.15, -0.1) is 0 Å². The number of nitrogens with one attached hydrogen (secondary N) is 1. The van der Waals surface area contributed by atoms with E-state index in [-0.39, 0.29) is 34.2 Å². The highest BCUT2D eigenvalue weighted by molar-refractivity contribution is 6.32. The van der Waals surface area contributed by atoms with E-state index in [9.17, 15) is 18.8 Å². The molecule has 8 nitrogen and oxygen atoms in total. The van der Waals surface area contributed by atoms with Crippen LogP contribution in [0.25, 0.3) is 11.7 Å².